The second-order valence-corrected chi connectivity index (χ2v) is 10.3. The van der Waals surface area contributed by atoms with Gasteiger partial charge in [0.15, 0.2) is 5.96 Å². The van der Waals surface area contributed by atoms with Gasteiger partial charge in [0.25, 0.3) is 0 Å². The molecule has 14 heteroatoms. The maximum Gasteiger partial charge on any atom is 0.337 e. The molecule has 0 saturated carbocycles. The highest BCUT2D eigenvalue weighted by Crippen LogP contribution is 2.21. The number of esters is 2. The Hall–Kier alpha value is -4.98. The molecular formula is C30H39N7O7. The normalized spacial score (nSPS) is 15.4. The van der Waals surface area contributed by atoms with Gasteiger partial charge < -0.3 is 36.9 Å². The summed E-state index contributed by atoms with van der Waals surface area (Å²) in [6.45, 7) is 0.548. The molecular weight excluding hydrogens is 570 g/mol. The van der Waals surface area contributed by atoms with Crippen LogP contribution in [0.25, 0.3) is 0 Å². The number of carbonyl (C=O) groups is 5. The number of likely N-dealkylation sites (tertiary alicyclic amines) is 1. The van der Waals surface area contributed by atoms with Gasteiger partial charge in [-0.05, 0) is 55.9 Å². The number of ether oxygens (including phenoxy) is 2. The van der Waals surface area contributed by atoms with Crippen molar-refractivity contribution in [2.24, 2.45) is 22.2 Å². The molecule has 1 heterocycles. The lowest BCUT2D eigenvalue weighted by atomic mass is 10.0. The number of nitrogens with one attached hydrogen (secondary N) is 2. The number of nitrogens with two attached hydrogens (primary N) is 3. The van der Waals surface area contributed by atoms with Crippen LogP contribution in [0, 0.1) is 0 Å². The van der Waals surface area contributed by atoms with Gasteiger partial charge in [0.1, 0.15) is 12.1 Å². The van der Waals surface area contributed by atoms with E-state index in [1.54, 1.807) is 0 Å². The first kappa shape index (κ1) is 33.5. The van der Waals surface area contributed by atoms with Crippen LogP contribution in [0.5, 0.6) is 0 Å². The summed E-state index contributed by atoms with van der Waals surface area (Å²) in [5, 5.41) is 5.41. The summed E-state index contributed by atoms with van der Waals surface area (Å²) in [5.74, 6) is -3.23. The Morgan fingerprint density at radius 1 is 1.00 bits per heavy atom. The maximum atomic E-state index is 13.5. The summed E-state index contributed by atoms with van der Waals surface area (Å²) in [4.78, 5) is 69.8. The van der Waals surface area contributed by atoms with Gasteiger partial charge in [0.2, 0.25) is 17.7 Å². The second-order valence-electron chi connectivity index (χ2n) is 10.3. The first-order valence-corrected chi connectivity index (χ1v) is 14.1. The molecule has 2 aromatic carbocycles. The number of nitrogens with zero attached hydrogens (tertiary/aromatic N) is 2. The summed E-state index contributed by atoms with van der Waals surface area (Å²) in [6, 6.07) is 10.7. The lowest BCUT2D eigenvalue weighted by Gasteiger charge is -2.27. The number of amides is 3. The maximum absolute atomic E-state index is 13.5. The van der Waals surface area contributed by atoms with Crippen LogP contribution in [0.2, 0.25) is 0 Å². The summed E-state index contributed by atoms with van der Waals surface area (Å²) < 4.78 is 9.56. The van der Waals surface area contributed by atoms with E-state index in [4.69, 9.17) is 26.7 Å². The Kier molecular flexibility index (Phi) is 12.2. The largest absolute Gasteiger partial charge is 0.465 e. The van der Waals surface area contributed by atoms with Crippen molar-refractivity contribution >= 4 is 41.3 Å². The van der Waals surface area contributed by atoms with Gasteiger partial charge in [0, 0.05) is 18.8 Å². The van der Waals surface area contributed by atoms with Gasteiger partial charge in [-0.2, -0.15) is 0 Å². The quantitative estimate of drug-likeness (QED) is 0.0899. The van der Waals surface area contributed by atoms with Crippen LogP contribution >= 0.6 is 0 Å². The first-order chi connectivity index (χ1) is 21.0. The van der Waals surface area contributed by atoms with Gasteiger partial charge in [-0.1, -0.05) is 30.3 Å². The number of benzene rings is 2. The molecule has 0 radical (unpaired) electrons. The third kappa shape index (κ3) is 9.26. The van der Waals surface area contributed by atoms with Crippen LogP contribution in [0.1, 0.15) is 52.0 Å². The number of methoxy groups -OCH3 is 2. The lowest BCUT2D eigenvalue weighted by Crippen LogP contribution is -2.54. The number of hydrogen-bond acceptors (Lipinski definition) is 10. The Morgan fingerprint density at radius 3 is 2.23 bits per heavy atom. The average Bonchev–Trinajstić information content (AvgIpc) is 3.51. The van der Waals surface area contributed by atoms with Crippen molar-refractivity contribution in [1.82, 2.24) is 10.2 Å². The number of imide groups is 1. The molecule has 0 unspecified atom stereocenters. The summed E-state index contributed by atoms with van der Waals surface area (Å²) in [5.41, 5.74) is 18.2. The van der Waals surface area contributed by atoms with Gasteiger partial charge in [-0.15, -0.1) is 0 Å². The number of guanidine groups is 1. The third-order valence-electron chi connectivity index (χ3n) is 7.08. The van der Waals surface area contributed by atoms with E-state index in [9.17, 15) is 24.0 Å². The van der Waals surface area contributed by atoms with Crippen LogP contribution in [-0.2, 0) is 30.3 Å². The molecule has 236 valence electrons. The van der Waals surface area contributed by atoms with Crippen LogP contribution in [0.4, 0.5) is 5.69 Å². The molecule has 0 aliphatic carbocycles. The van der Waals surface area contributed by atoms with E-state index in [1.807, 2.05) is 30.3 Å². The number of anilines is 1. The fourth-order valence-corrected chi connectivity index (χ4v) is 4.92. The highest BCUT2D eigenvalue weighted by atomic mass is 16.5. The fourth-order valence-electron chi connectivity index (χ4n) is 4.92. The fraction of sp³-hybridized carbons (Fsp3) is 0.400. The third-order valence-corrected chi connectivity index (χ3v) is 7.08. The number of aliphatic imine (C=N–C) groups is 1. The minimum atomic E-state index is -1.02. The van der Waals surface area contributed by atoms with E-state index >= 15 is 0 Å². The monoisotopic (exact) mass is 609 g/mol. The Labute approximate surface area is 255 Å². The molecule has 0 bridgehead atoms. The lowest BCUT2D eigenvalue weighted by molar-refractivity contribution is -0.141. The predicted octanol–water partition coefficient (Wildman–Crippen LogP) is 0.298. The first-order valence-electron chi connectivity index (χ1n) is 14.1. The van der Waals surface area contributed by atoms with Gasteiger partial charge in [-0.3, -0.25) is 24.7 Å². The molecule has 1 fully saturated rings. The molecule has 1 saturated heterocycles. The zero-order chi connectivity index (χ0) is 32.2. The van der Waals surface area contributed by atoms with Gasteiger partial charge >= 0.3 is 11.9 Å². The van der Waals surface area contributed by atoms with E-state index in [1.165, 1.54) is 37.3 Å². The van der Waals surface area contributed by atoms with Crippen molar-refractivity contribution in [1.29, 1.82) is 0 Å². The van der Waals surface area contributed by atoms with Crippen LogP contribution in [0.15, 0.2) is 53.5 Å². The number of rotatable bonds is 13. The second kappa shape index (κ2) is 16.0. The van der Waals surface area contributed by atoms with Gasteiger partial charge in [-0.25, -0.2) is 9.59 Å². The van der Waals surface area contributed by atoms with Crippen LogP contribution in [-0.4, -0.2) is 86.0 Å². The van der Waals surface area contributed by atoms with Crippen molar-refractivity contribution < 1.29 is 33.4 Å². The molecule has 44 heavy (non-hydrogen) atoms. The smallest absolute Gasteiger partial charge is 0.337 e. The molecule has 8 N–H and O–H groups in total. The SMILES string of the molecule is COC(=O)c1cc(N[C@@H](CCCN=C(N)N)C(=O)NC(=O)[C@@H]2CCCN2C(=O)[C@H](N)Cc2ccccc2)cc(C(=O)OC)c1. The van der Waals surface area contributed by atoms with Crippen LogP contribution in [0.3, 0.4) is 0 Å². The molecule has 1 aliphatic heterocycles. The molecule has 3 rings (SSSR count). The molecule has 2 aromatic rings. The summed E-state index contributed by atoms with van der Waals surface area (Å²) in [7, 11) is 2.38. The highest BCUT2D eigenvalue weighted by molar-refractivity contribution is 6.03. The van der Waals surface area contributed by atoms with Crippen molar-refractivity contribution in [2.45, 2.75) is 50.2 Å². The predicted molar refractivity (Wildman–Crippen MR) is 162 cm³/mol. The summed E-state index contributed by atoms with van der Waals surface area (Å²) in [6.07, 6.45) is 1.77. The van der Waals surface area contributed by atoms with E-state index in [2.05, 4.69) is 15.6 Å². The average molecular weight is 610 g/mol. The number of carbonyl (C=O) groups excluding carboxylic acids is 5. The Morgan fingerprint density at radius 2 is 1.64 bits per heavy atom. The van der Waals surface area contributed by atoms with E-state index in [0.29, 0.717) is 32.2 Å². The zero-order valence-electron chi connectivity index (χ0n) is 24.8. The molecule has 3 amide bonds. The minimum Gasteiger partial charge on any atom is -0.465 e. The Balaban J connectivity index is 1.77. The van der Waals surface area contributed by atoms with E-state index in [0.717, 1.165) is 5.56 Å². The molecule has 0 aromatic heterocycles. The summed E-state index contributed by atoms with van der Waals surface area (Å²) >= 11 is 0. The standard InChI is InChI=1S/C30H39N7O7/c1-43-28(41)19-15-20(29(42)44-2)17-21(16-19)35-23(10-6-12-34-30(32)33)25(38)36-26(39)24-11-7-13-37(24)27(40)22(31)14-18-8-4-3-5-9-18/h3-5,8-9,15-17,22-24,35H,6-7,10-14,31H2,1-2H3,(H4,32,33,34)(H,36,38,39)/t22-,23+,24+/m1/s1. The molecule has 1 aliphatic rings. The Bertz CT molecular complexity index is 1340. The van der Waals surface area contributed by atoms with Crippen molar-refractivity contribution in [2.75, 3.05) is 32.6 Å². The van der Waals surface area contributed by atoms with Crippen molar-refractivity contribution in [3.8, 4) is 0 Å². The van der Waals surface area contributed by atoms with Crippen molar-refractivity contribution in [3.63, 3.8) is 0 Å². The van der Waals surface area contributed by atoms with E-state index < -0.39 is 41.9 Å². The number of hydrogen-bond donors (Lipinski definition) is 5. The zero-order valence-corrected chi connectivity index (χ0v) is 24.8. The molecule has 14 nitrogen and oxygen atoms in total. The van der Waals surface area contributed by atoms with E-state index in [-0.39, 0.29) is 41.6 Å². The van der Waals surface area contributed by atoms with Crippen molar-refractivity contribution in [3.05, 3.63) is 65.2 Å². The van der Waals surface area contributed by atoms with Gasteiger partial charge in [0.05, 0.1) is 31.4 Å². The minimum absolute atomic E-state index is 0.0422. The van der Waals surface area contributed by atoms with Crippen LogP contribution < -0.4 is 27.8 Å². The molecule has 0 spiro atoms. The highest BCUT2D eigenvalue weighted by Gasteiger charge is 2.37. The molecule has 3 atom stereocenters. The topological polar surface area (TPSA) is 222 Å².